The third-order valence-electron chi connectivity index (χ3n) is 2.71. The highest BCUT2D eigenvalue weighted by Gasteiger charge is 2.14. The van der Waals surface area contributed by atoms with E-state index in [-0.39, 0.29) is 6.04 Å². The van der Waals surface area contributed by atoms with Crippen LogP contribution in [-0.2, 0) is 0 Å². The van der Waals surface area contributed by atoms with Gasteiger partial charge in [-0.3, -0.25) is 0 Å². The average Bonchev–Trinajstić information content (AvgIpc) is 2.24. The second kappa shape index (κ2) is 6.21. The molecule has 0 saturated heterocycles. The highest BCUT2D eigenvalue weighted by molar-refractivity contribution is 9.10. The molecule has 0 fully saturated rings. The van der Waals surface area contributed by atoms with Gasteiger partial charge in [0.2, 0.25) is 0 Å². The molecule has 1 aromatic carbocycles. The van der Waals surface area contributed by atoms with Gasteiger partial charge in [0.15, 0.2) is 0 Å². The van der Waals surface area contributed by atoms with E-state index in [1.54, 1.807) is 0 Å². The lowest BCUT2D eigenvalue weighted by Gasteiger charge is -2.21. The van der Waals surface area contributed by atoms with Gasteiger partial charge in [-0.1, -0.05) is 47.1 Å². The van der Waals surface area contributed by atoms with Crippen LogP contribution in [0.25, 0.3) is 0 Å². The molecule has 0 radical (unpaired) electrons. The zero-order valence-electron chi connectivity index (χ0n) is 10.3. The van der Waals surface area contributed by atoms with E-state index in [9.17, 15) is 0 Å². The predicted molar refractivity (Wildman–Crippen MR) is 74.7 cm³/mol. The number of halogens is 1. The largest absolute Gasteiger partial charge is 0.307 e. The zero-order chi connectivity index (χ0) is 12.1. The molecule has 0 amide bonds. The van der Waals surface area contributed by atoms with Gasteiger partial charge in [-0.15, -0.1) is 0 Å². The van der Waals surface area contributed by atoms with E-state index in [1.807, 2.05) is 0 Å². The normalized spacial score (nSPS) is 12.5. The fourth-order valence-corrected chi connectivity index (χ4v) is 2.16. The molecule has 0 spiro atoms. The first-order chi connectivity index (χ1) is 7.57. The van der Waals surface area contributed by atoms with Crippen LogP contribution in [0.4, 0.5) is 0 Å². The van der Waals surface area contributed by atoms with Crippen molar-refractivity contribution < 1.29 is 0 Å². The molecule has 0 heterocycles. The van der Waals surface area contributed by atoms with Gasteiger partial charge in [-0.2, -0.15) is 0 Å². The number of rotatable bonds is 5. The summed E-state index contributed by atoms with van der Waals surface area (Å²) in [6.07, 6.45) is 1.14. The molecule has 0 bridgehead atoms. The van der Waals surface area contributed by atoms with Crippen molar-refractivity contribution in [2.45, 2.75) is 33.2 Å². The Hall–Kier alpha value is -0.600. The van der Waals surface area contributed by atoms with Crippen LogP contribution in [0.1, 0.15) is 37.4 Å². The van der Waals surface area contributed by atoms with Gasteiger partial charge in [-0.25, -0.2) is 0 Å². The van der Waals surface area contributed by atoms with Crippen LogP contribution in [0.5, 0.6) is 0 Å². The van der Waals surface area contributed by atoms with E-state index in [1.165, 1.54) is 11.1 Å². The molecule has 0 saturated carbocycles. The molecule has 1 nitrogen and oxygen atoms in total. The lowest BCUT2D eigenvalue weighted by atomic mass is 9.96. The average molecular weight is 282 g/mol. The molecule has 88 valence electrons. The first-order valence-corrected chi connectivity index (χ1v) is 6.51. The van der Waals surface area contributed by atoms with E-state index in [0.29, 0.717) is 0 Å². The molecule has 1 aromatic rings. The Balaban J connectivity index is 3.01. The summed E-state index contributed by atoms with van der Waals surface area (Å²) in [4.78, 5) is 0. The minimum Gasteiger partial charge on any atom is -0.307 e. The van der Waals surface area contributed by atoms with E-state index in [0.717, 1.165) is 23.0 Å². The molecule has 1 unspecified atom stereocenters. The van der Waals surface area contributed by atoms with Crippen molar-refractivity contribution >= 4 is 15.9 Å². The van der Waals surface area contributed by atoms with Gasteiger partial charge in [0.05, 0.1) is 6.04 Å². The van der Waals surface area contributed by atoms with Crippen LogP contribution in [0.2, 0.25) is 0 Å². The van der Waals surface area contributed by atoms with Gasteiger partial charge in [0.1, 0.15) is 0 Å². The molecule has 2 heteroatoms. The summed E-state index contributed by atoms with van der Waals surface area (Å²) in [6.45, 7) is 11.5. The third kappa shape index (κ3) is 3.19. The van der Waals surface area contributed by atoms with Gasteiger partial charge in [0.25, 0.3) is 0 Å². The second-order valence-corrected chi connectivity index (χ2v) is 5.04. The maximum atomic E-state index is 4.08. The number of hydrogen-bond acceptors (Lipinski definition) is 1. The molecule has 0 aliphatic heterocycles. The SMILES string of the molecule is C=C(C)C(NCCC)c1cccc(Br)c1C. The molecule has 1 rings (SSSR count). The zero-order valence-corrected chi connectivity index (χ0v) is 11.9. The maximum absolute atomic E-state index is 4.08. The van der Waals surface area contributed by atoms with Crippen LogP contribution >= 0.6 is 15.9 Å². The predicted octanol–water partition coefficient (Wildman–Crippen LogP) is 4.37. The number of nitrogens with one attached hydrogen (secondary N) is 1. The van der Waals surface area contributed by atoms with Gasteiger partial charge < -0.3 is 5.32 Å². The second-order valence-electron chi connectivity index (χ2n) is 4.19. The fourth-order valence-electron chi connectivity index (χ4n) is 1.78. The van der Waals surface area contributed by atoms with Crippen LogP contribution in [-0.4, -0.2) is 6.54 Å². The molecular formula is C14H20BrN. The fraction of sp³-hybridized carbons (Fsp3) is 0.429. The Kier molecular flexibility index (Phi) is 5.23. The molecule has 1 atom stereocenters. The van der Waals surface area contributed by atoms with Crippen LogP contribution in [0.15, 0.2) is 34.8 Å². The van der Waals surface area contributed by atoms with Crippen molar-refractivity contribution in [3.05, 3.63) is 46.0 Å². The van der Waals surface area contributed by atoms with Gasteiger partial charge >= 0.3 is 0 Å². The maximum Gasteiger partial charge on any atom is 0.0533 e. The Labute approximate surface area is 107 Å². The number of hydrogen-bond donors (Lipinski definition) is 1. The molecule has 0 aliphatic rings. The molecule has 1 N–H and O–H groups in total. The van der Waals surface area contributed by atoms with Crippen molar-refractivity contribution in [1.29, 1.82) is 0 Å². The molecule has 16 heavy (non-hydrogen) atoms. The Morgan fingerprint density at radius 2 is 2.19 bits per heavy atom. The van der Waals surface area contributed by atoms with Crippen molar-refractivity contribution in [2.24, 2.45) is 0 Å². The first-order valence-electron chi connectivity index (χ1n) is 5.71. The van der Waals surface area contributed by atoms with Crippen molar-refractivity contribution in [1.82, 2.24) is 5.32 Å². The quantitative estimate of drug-likeness (QED) is 0.790. The summed E-state index contributed by atoms with van der Waals surface area (Å²) in [6, 6.07) is 6.59. The van der Waals surface area contributed by atoms with E-state index in [2.05, 4.69) is 66.8 Å². The Morgan fingerprint density at radius 1 is 1.50 bits per heavy atom. The van der Waals surface area contributed by atoms with Gasteiger partial charge in [0, 0.05) is 4.47 Å². The molecule has 0 aliphatic carbocycles. The first kappa shape index (κ1) is 13.5. The van der Waals surface area contributed by atoms with Gasteiger partial charge in [-0.05, 0) is 44.0 Å². The van der Waals surface area contributed by atoms with Crippen LogP contribution in [0, 0.1) is 6.92 Å². The van der Waals surface area contributed by atoms with Crippen molar-refractivity contribution in [3.8, 4) is 0 Å². The van der Waals surface area contributed by atoms with Crippen LogP contribution in [0.3, 0.4) is 0 Å². The lowest BCUT2D eigenvalue weighted by molar-refractivity contribution is 0.588. The monoisotopic (exact) mass is 281 g/mol. The van der Waals surface area contributed by atoms with E-state index >= 15 is 0 Å². The van der Waals surface area contributed by atoms with E-state index < -0.39 is 0 Å². The van der Waals surface area contributed by atoms with E-state index in [4.69, 9.17) is 0 Å². The Bertz CT molecular complexity index is 371. The minimum absolute atomic E-state index is 0.262. The summed E-state index contributed by atoms with van der Waals surface area (Å²) in [5.74, 6) is 0. The van der Waals surface area contributed by atoms with Crippen molar-refractivity contribution in [2.75, 3.05) is 6.54 Å². The summed E-state index contributed by atoms with van der Waals surface area (Å²) in [7, 11) is 0. The summed E-state index contributed by atoms with van der Waals surface area (Å²) in [5, 5.41) is 3.53. The lowest BCUT2D eigenvalue weighted by Crippen LogP contribution is -2.23. The topological polar surface area (TPSA) is 12.0 Å². The smallest absolute Gasteiger partial charge is 0.0533 e. The van der Waals surface area contributed by atoms with Crippen molar-refractivity contribution in [3.63, 3.8) is 0 Å². The standard InChI is InChI=1S/C14H20BrN/c1-5-9-16-14(10(2)3)12-7-6-8-13(15)11(12)4/h6-8,14,16H,2,5,9H2,1,3-4H3. The molecular weight excluding hydrogens is 262 g/mol. The Morgan fingerprint density at radius 3 is 2.75 bits per heavy atom. The summed E-state index contributed by atoms with van der Waals surface area (Å²) >= 11 is 3.57. The minimum atomic E-state index is 0.262. The number of benzene rings is 1. The third-order valence-corrected chi connectivity index (χ3v) is 3.57. The highest BCUT2D eigenvalue weighted by Crippen LogP contribution is 2.28. The highest BCUT2D eigenvalue weighted by atomic mass is 79.9. The summed E-state index contributed by atoms with van der Waals surface area (Å²) in [5.41, 5.74) is 3.77. The van der Waals surface area contributed by atoms with Crippen LogP contribution < -0.4 is 5.32 Å². The molecule has 0 aromatic heterocycles. The summed E-state index contributed by atoms with van der Waals surface area (Å²) < 4.78 is 1.16.